The number of carbonyl (C=O) groups is 2. The number of esters is 1. The number of ketones is 1. The summed E-state index contributed by atoms with van der Waals surface area (Å²) in [7, 11) is 0. The summed E-state index contributed by atoms with van der Waals surface area (Å²) in [5, 5.41) is 22.4. The van der Waals surface area contributed by atoms with Crippen LogP contribution in [0.15, 0.2) is 91.0 Å². The second-order valence-electron chi connectivity index (χ2n) is 8.62. The molecule has 1 heterocycles. The number of aliphatic hydroxyl groups is 2. The van der Waals surface area contributed by atoms with Crippen molar-refractivity contribution < 1.29 is 34.0 Å². The Morgan fingerprint density at radius 2 is 1.49 bits per heavy atom. The lowest BCUT2D eigenvalue weighted by Gasteiger charge is -2.49. The summed E-state index contributed by atoms with van der Waals surface area (Å²) in [5.41, 5.74) is -2.09. The second-order valence-corrected chi connectivity index (χ2v) is 9.96. The zero-order valence-corrected chi connectivity index (χ0v) is 21.3. The van der Waals surface area contributed by atoms with E-state index in [1.165, 1.54) is 11.8 Å². The molecule has 0 radical (unpaired) electrons. The molecular formula is C29H30O7S. The Morgan fingerprint density at radius 3 is 2.05 bits per heavy atom. The van der Waals surface area contributed by atoms with Crippen LogP contribution in [-0.4, -0.2) is 63.7 Å². The van der Waals surface area contributed by atoms with Gasteiger partial charge in [0.1, 0.15) is 17.6 Å². The van der Waals surface area contributed by atoms with Gasteiger partial charge in [-0.15, -0.1) is 11.8 Å². The van der Waals surface area contributed by atoms with Crippen LogP contribution in [0, 0.1) is 0 Å². The van der Waals surface area contributed by atoms with Gasteiger partial charge in [0.2, 0.25) is 11.4 Å². The van der Waals surface area contributed by atoms with Gasteiger partial charge >= 0.3 is 5.97 Å². The molecule has 0 aliphatic carbocycles. The highest BCUT2D eigenvalue weighted by Crippen LogP contribution is 2.41. The Kier molecular flexibility index (Phi) is 9.13. The predicted octanol–water partition coefficient (Wildman–Crippen LogP) is 3.88. The van der Waals surface area contributed by atoms with Gasteiger partial charge in [-0.05, 0) is 23.4 Å². The molecule has 3 aromatic rings. The lowest BCUT2D eigenvalue weighted by molar-refractivity contribution is -0.246. The van der Waals surface area contributed by atoms with Crippen molar-refractivity contribution in [2.24, 2.45) is 0 Å². The molecule has 4 rings (SSSR count). The van der Waals surface area contributed by atoms with E-state index in [-0.39, 0.29) is 17.7 Å². The van der Waals surface area contributed by atoms with Crippen LogP contribution in [0.1, 0.15) is 33.2 Å². The van der Waals surface area contributed by atoms with Gasteiger partial charge in [-0.2, -0.15) is 0 Å². The molecule has 0 bridgehead atoms. The van der Waals surface area contributed by atoms with Gasteiger partial charge in [-0.1, -0.05) is 85.8 Å². The highest BCUT2D eigenvalue weighted by atomic mass is 32.2. The summed E-state index contributed by atoms with van der Waals surface area (Å²) < 4.78 is 18.1. The first-order chi connectivity index (χ1) is 18.0. The maximum absolute atomic E-state index is 13.9. The molecule has 1 aliphatic heterocycles. The molecule has 1 saturated heterocycles. The minimum Gasteiger partial charge on any atom is -0.452 e. The van der Waals surface area contributed by atoms with E-state index in [1.54, 1.807) is 60.7 Å². The van der Waals surface area contributed by atoms with Crippen molar-refractivity contribution >= 4 is 23.5 Å². The fourth-order valence-electron chi connectivity index (χ4n) is 4.32. The lowest BCUT2D eigenvalue weighted by atomic mass is 9.81. The van der Waals surface area contributed by atoms with E-state index >= 15 is 0 Å². The van der Waals surface area contributed by atoms with Gasteiger partial charge in [0, 0.05) is 5.56 Å². The Labute approximate surface area is 220 Å². The number of Topliss-reactive ketones (excluding diaryl/α,β-unsaturated/α-hetero) is 1. The molecule has 0 aromatic heterocycles. The van der Waals surface area contributed by atoms with Gasteiger partial charge in [0.15, 0.2) is 6.10 Å². The number of rotatable bonds is 10. The Morgan fingerprint density at radius 1 is 0.919 bits per heavy atom. The molecule has 0 spiro atoms. The van der Waals surface area contributed by atoms with Crippen LogP contribution in [0.25, 0.3) is 0 Å². The molecule has 1 aliphatic rings. The summed E-state index contributed by atoms with van der Waals surface area (Å²) >= 11 is 1.19. The van der Waals surface area contributed by atoms with Crippen LogP contribution in [0.5, 0.6) is 0 Å². The summed E-state index contributed by atoms with van der Waals surface area (Å²) in [5.74, 6) is -0.881. The molecular weight excluding hydrogens is 492 g/mol. The Bertz CT molecular complexity index is 1160. The van der Waals surface area contributed by atoms with Crippen LogP contribution in [-0.2, 0) is 20.8 Å². The maximum atomic E-state index is 13.9. The monoisotopic (exact) mass is 522 g/mol. The van der Waals surface area contributed by atoms with Crippen molar-refractivity contribution in [2.45, 2.75) is 42.9 Å². The molecule has 7 nitrogen and oxygen atoms in total. The largest absolute Gasteiger partial charge is 0.452 e. The van der Waals surface area contributed by atoms with Crippen LogP contribution in [0.3, 0.4) is 0 Å². The summed E-state index contributed by atoms with van der Waals surface area (Å²) in [6.07, 6.45) is -3.55. The van der Waals surface area contributed by atoms with Gasteiger partial charge in [0.05, 0.1) is 18.8 Å². The third kappa shape index (κ3) is 5.95. The molecule has 2 N–H and O–H groups in total. The number of hydrogen-bond acceptors (Lipinski definition) is 8. The predicted molar refractivity (Wildman–Crippen MR) is 140 cm³/mol. The summed E-state index contributed by atoms with van der Waals surface area (Å²) in [4.78, 5) is 27.1. The van der Waals surface area contributed by atoms with Crippen molar-refractivity contribution in [3.05, 3.63) is 108 Å². The normalized spacial score (nSPS) is 25.4. The van der Waals surface area contributed by atoms with Crippen molar-refractivity contribution in [1.29, 1.82) is 0 Å². The zero-order chi connectivity index (χ0) is 26.3. The summed E-state index contributed by atoms with van der Waals surface area (Å²) in [6, 6.07) is 25.9. The molecule has 8 heteroatoms. The molecule has 0 unspecified atom stereocenters. The third-order valence-corrected chi connectivity index (χ3v) is 7.29. The van der Waals surface area contributed by atoms with Gasteiger partial charge < -0.3 is 24.4 Å². The topological polar surface area (TPSA) is 102 Å². The maximum Gasteiger partial charge on any atom is 0.338 e. The zero-order valence-electron chi connectivity index (χ0n) is 20.4. The number of hydrogen-bond donors (Lipinski definition) is 2. The van der Waals surface area contributed by atoms with Crippen LogP contribution < -0.4 is 0 Å². The van der Waals surface area contributed by atoms with Crippen LogP contribution in [0.2, 0.25) is 0 Å². The van der Waals surface area contributed by atoms with E-state index in [0.29, 0.717) is 5.75 Å². The molecule has 0 amide bonds. The van der Waals surface area contributed by atoms with Crippen molar-refractivity contribution in [1.82, 2.24) is 0 Å². The number of carbonyl (C=O) groups excluding carboxylic acids is 2. The first-order valence-electron chi connectivity index (χ1n) is 12.1. The molecule has 1 fully saturated rings. The molecule has 194 valence electrons. The minimum atomic E-state index is -2.29. The van der Waals surface area contributed by atoms with E-state index in [2.05, 4.69) is 0 Å². The van der Waals surface area contributed by atoms with E-state index in [9.17, 15) is 19.8 Å². The van der Waals surface area contributed by atoms with Gasteiger partial charge in [-0.25, -0.2) is 4.79 Å². The number of benzene rings is 3. The Hall–Kier alpha value is -3.01. The van der Waals surface area contributed by atoms with Crippen molar-refractivity contribution in [3.63, 3.8) is 0 Å². The average Bonchev–Trinajstić information content (AvgIpc) is 2.95. The first kappa shape index (κ1) is 27.0. The summed E-state index contributed by atoms with van der Waals surface area (Å²) in [6.45, 7) is 1.49. The van der Waals surface area contributed by atoms with Crippen molar-refractivity contribution in [3.8, 4) is 0 Å². The van der Waals surface area contributed by atoms with Gasteiger partial charge in [-0.3, -0.25) is 4.79 Å². The van der Waals surface area contributed by atoms with E-state index in [1.807, 2.05) is 37.3 Å². The Balaban J connectivity index is 1.77. The quantitative estimate of drug-likeness (QED) is 0.306. The van der Waals surface area contributed by atoms with E-state index in [4.69, 9.17) is 14.2 Å². The number of thioether (sulfide) groups is 1. The van der Waals surface area contributed by atoms with E-state index < -0.39 is 47.7 Å². The SMILES string of the molecule is CCS[C@@H]1O[C@H](CO)[C@@H](OCc2ccccc2)[C@H](OC(=O)c2ccccc2)[C@]1(O)C(=O)c1ccccc1. The van der Waals surface area contributed by atoms with E-state index in [0.717, 1.165) is 5.56 Å². The standard InChI is InChI=1S/C29H30O7S/c1-2-37-28-29(33,25(31)21-14-8-4-9-15-21)26(36-27(32)22-16-10-5-11-17-22)24(23(18-30)35-28)34-19-20-12-6-3-7-13-20/h3-17,23-24,26,28,30,33H,2,18-19H2,1H3/t23-,24-,26+,28+,29-/m1/s1. The molecule has 37 heavy (non-hydrogen) atoms. The highest BCUT2D eigenvalue weighted by molar-refractivity contribution is 7.99. The average molecular weight is 523 g/mol. The highest BCUT2D eigenvalue weighted by Gasteiger charge is 2.62. The molecule has 5 atom stereocenters. The van der Waals surface area contributed by atoms with Gasteiger partial charge in [0.25, 0.3) is 0 Å². The lowest BCUT2D eigenvalue weighted by Crippen LogP contribution is -2.70. The first-order valence-corrected chi connectivity index (χ1v) is 13.2. The van der Waals surface area contributed by atoms with Crippen LogP contribution in [0.4, 0.5) is 0 Å². The second kappa shape index (κ2) is 12.5. The van der Waals surface area contributed by atoms with Crippen LogP contribution >= 0.6 is 11.8 Å². The molecule has 0 saturated carbocycles. The fourth-order valence-corrected chi connectivity index (χ4v) is 5.34. The van der Waals surface area contributed by atoms with Crippen molar-refractivity contribution in [2.75, 3.05) is 12.4 Å². The fraction of sp³-hybridized carbons (Fsp3) is 0.310. The number of aliphatic hydroxyl groups excluding tert-OH is 1. The minimum absolute atomic E-state index is 0.0892. The number of ether oxygens (including phenoxy) is 3. The third-order valence-electron chi connectivity index (χ3n) is 6.18. The molecule has 3 aromatic carbocycles. The smallest absolute Gasteiger partial charge is 0.338 e.